The summed E-state index contributed by atoms with van der Waals surface area (Å²) in [5.74, 6) is 1.91. The molecule has 0 bridgehead atoms. The molecule has 3 fully saturated rings. The zero-order valence-corrected chi connectivity index (χ0v) is 45.3. The van der Waals surface area contributed by atoms with E-state index in [4.69, 9.17) is 22.8 Å². The smallest absolute Gasteiger partial charge is 0.192 e. The van der Waals surface area contributed by atoms with Crippen molar-refractivity contribution in [1.29, 1.82) is 5.26 Å². The molecule has 0 aliphatic heterocycles. The van der Waals surface area contributed by atoms with Crippen LogP contribution in [-0.2, 0) is 22.8 Å². The van der Waals surface area contributed by atoms with Crippen LogP contribution in [0.4, 0.5) is 0 Å². The second-order valence-corrected chi connectivity index (χ2v) is 39.3. The molecule has 4 rings (SSSR count). The van der Waals surface area contributed by atoms with Gasteiger partial charge >= 0.3 is 0 Å². The molecular weight excluding hydrogens is 779 g/mol. The summed E-state index contributed by atoms with van der Waals surface area (Å²) in [5.41, 5.74) is 2.28. The normalized spacial score (nSPS) is 31.6. The standard InChI is InChI=1S/C50H93NO5Si3/c1-22-52-29-30-53-50(34-51,44(35(2)3)56-59(20,21)47(11,12)13)33-36(4)40-25-26-41-39-24-23-37-31-38(54-57(16,17)45(5,6)7)32-43(55-58(18,19)46(8,9)10)49(37,15)42(39)27-28-48(40,41)14/h23-24,35-36,38,40-44H,22,25-33H2,1-21H3/t36-,38-,40-,41+,42+,43+,44?,48-,49+,50?/m1/s1. The summed E-state index contributed by atoms with van der Waals surface area (Å²) >= 11 is 0. The van der Waals surface area contributed by atoms with Gasteiger partial charge in [-0.2, -0.15) is 5.26 Å². The van der Waals surface area contributed by atoms with Crippen molar-refractivity contribution in [2.75, 3.05) is 19.8 Å². The number of nitrogens with zero attached hydrogens (tertiary/aromatic N) is 1. The van der Waals surface area contributed by atoms with Gasteiger partial charge in [-0.3, -0.25) is 0 Å². The molecule has 59 heavy (non-hydrogen) atoms. The van der Waals surface area contributed by atoms with Crippen molar-refractivity contribution in [3.05, 3.63) is 23.3 Å². The minimum Gasteiger partial charge on any atom is -0.414 e. The van der Waals surface area contributed by atoms with Crippen LogP contribution in [0.1, 0.15) is 149 Å². The monoisotopic (exact) mass is 872 g/mol. The van der Waals surface area contributed by atoms with Gasteiger partial charge in [-0.05, 0) is 141 Å². The minimum absolute atomic E-state index is 0.0213. The molecular formula is C50H93NO5Si3. The van der Waals surface area contributed by atoms with E-state index >= 15 is 0 Å². The van der Waals surface area contributed by atoms with Crippen LogP contribution in [0.5, 0.6) is 0 Å². The lowest BCUT2D eigenvalue weighted by Gasteiger charge is -2.59. The van der Waals surface area contributed by atoms with E-state index in [0.717, 1.165) is 12.8 Å². The summed E-state index contributed by atoms with van der Waals surface area (Å²) in [6.07, 6.45) is 12.5. The first kappa shape index (κ1) is 51.1. The highest BCUT2D eigenvalue weighted by molar-refractivity contribution is 6.75. The number of nitriles is 1. The molecule has 340 valence electrons. The SMILES string of the molecule is CCOCCOC(C#N)(C[C@@H](C)[C@H]1CC[C@H]2C3=CC=C4C[C@@H](O[Si](C)(C)C(C)(C)C)C[C@H](O[Si](C)(C)C(C)(C)C)[C@]4(C)[C@H]3CC[C@]12C)C(O[Si](C)(C)C(C)(C)C)C(C)C. The Labute approximate surface area is 368 Å². The Morgan fingerprint density at radius 2 is 1.36 bits per heavy atom. The van der Waals surface area contributed by atoms with Gasteiger partial charge in [-0.25, -0.2) is 0 Å². The van der Waals surface area contributed by atoms with Crippen LogP contribution < -0.4 is 0 Å². The van der Waals surface area contributed by atoms with Crippen molar-refractivity contribution in [2.24, 2.45) is 40.4 Å². The zero-order chi connectivity index (χ0) is 45.0. The van der Waals surface area contributed by atoms with Crippen LogP contribution in [0.25, 0.3) is 0 Å². The molecule has 0 aromatic rings. The first-order valence-corrected chi connectivity index (χ1v) is 32.5. The van der Waals surface area contributed by atoms with E-state index in [2.05, 4.69) is 154 Å². The molecule has 0 amide bonds. The summed E-state index contributed by atoms with van der Waals surface area (Å²) in [4.78, 5) is 0. The van der Waals surface area contributed by atoms with E-state index in [1.807, 2.05) is 6.92 Å². The van der Waals surface area contributed by atoms with E-state index in [-0.39, 0.29) is 50.2 Å². The minimum atomic E-state index is -2.22. The van der Waals surface area contributed by atoms with E-state index in [9.17, 15) is 5.26 Å². The highest BCUT2D eigenvalue weighted by atomic mass is 28.4. The van der Waals surface area contributed by atoms with E-state index in [0.29, 0.717) is 49.9 Å². The molecule has 0 aromatic heterocycles. The molecule has 4 aliphatic rings. The average Bonchev–Trinajstić information content (AvgIpc) is 3.44. The van der Waals surface area contributed by atoms with Gasteiger partial charge in [0.1, 0.15) is 6.07 Å². The molecule has 0 heterocycles. The van der Waals surface area contributed by atoms with Crippen molar-refractivity contribution in [2.45, 2.75) is 227 Å². The molecule has 2 unspecified atom stereocenters. The highest BCUT2D eigenvalue weighted by Crippen LogP contribution is 2.67. The van der Waals surface area contributed by atoms with Crippen LogP contribution in [-0.4, -0.2) is 68.7 Å². The average molecular weight is 873 g/mol. The molecule has 4 aliphatic carbocycles. The fraction of sp³-hybridized carbons (Fsp3) is 0.900. The second kappa shape index (κ2) is 17.8. The number of rotatable bonds is 16. The maximum atomic E-state index is 11.3. The van der Waals surface area contributed by atoms with Gasteiger partial charge in [-0.15, -0.1) is 0 Å². The lowest BCUT2D eigenvalue weighted by molar-refractivity contribution is -0.124. The molecule has 0 radical (unpaired) electrons. The van der Waals surface area contributed by atoms with Gasteiger partial charge in [0.2, 0.25) is 0 Å². The van der Waals surface area contributed by atoms with Crippen LogP contribution in [0.2, 0.25) is 54.4 Å². The zero-order valence-electron chi connectivity index (χ0n) is 42.3. The lowest BCUT2D eigenvalue weighted by atomic mass is 9.49. The third-order valence-corrected chi connectivity index (χ3v) is 31.2. The van der Waals surface area contributed by atoms with Crippen molar-refractivity contribution in [3.63, 3.8) is 0 Å². The highest BCUT2D eigenvalue weighted by Gasteiger charge is 2.62. The largest absolute Gasteiger partial charge is 0.414 e. The third-order valence-electron chi connectivity index (χ3n) is 17.8. The molecule has 0 N–H and O–H groups in total. The Morgan fingerprint density at radius 3 is 1.88 bits per heavy atom. The Bertz CT molecular complexity index is 1560. The molecule has 0 saturated heterocycles. The Kier molecular flexibility index (Phi) is 15.4. The van der Waals surface area contributed by atoms with Gasteiger partial charge in [0.15, 0.2) is 30.6 Å². The summed E-state index contributed by atoms with van der Waals surface area (Å²) in [7, 11) is -6.29. The van der Waals surface area contributed by atoms with Gasteiger partial charge in [0, 0.05) is 12.0 Å². The van der Waals surface area contributed by atoms with Crippen molar-refractivity contribution in [1.82, 2.24) is 0 Å². The third kappa shape index (κ3) is 10.1. The molecule has 0 spiro atoms. The summed E-state index contributed by atoms with van der Waals surface area (Å²) < 4.78 is 34.7. The van der Waals surface area contributed by atoms with E-state index in [1.165, 1.54) is 25.7 Å². The van der Waals surface area contributed by atoms with Gasteiger partial charge < -0.3 is 22.8 Å². The molecule has 6 nitrogen and oxygen atoms in total. The number of hydrogen-bond donors (Lipinski definition) is 0. The fourth-order valence-corrected chi connectivity index (χ4v) is 15.3. The molecule has 9 heteroatoms. The predicted molar refractivity (Wildman–Crippen MR) is 256 cm³/mol. The summed E-state index contributed by atoms with van der Waals surface area (Å²) in [6, 6.07) is 2.81. The Balaban J connectivity index is 1.71. The number of fused-ring (bicyclic) bond motifs is 5. The van der Waals surface area contributed by atoms with Gasteiger partial charge in [0.25, 0.3) is 0 Å². The number of allylic oxidation sites excluding steroid dienone is 3. The van der Waals surface area contributed by atoms with Crippen LogP contribution in [0, 0.1) is 51.8 Å². The Morgan fingerprint density at radius 1 is 0.780 bits per heavy atom. The maximum absolute atomic E-state index is 11.3. The predicted octanol–water partition coefficient (Wildman–Crippen LogP) is 14.3. The first-order valence-electron chi connectivity index (χ1n) is 23.8. The van der Waals surface area contributed by atoms with Crippen molar-refractivity contribution >= 4 is 25.0 Å². The van der Waals surface area contributed by atoms with Crippen LogP contribution in [0.3, 0.4) is 0 Å². The number of hydrogen-bond acceptors (Lipinski definition) is 6. The van der Waals surface area contributed by atoms with Crippen LogP contribution >= 0.6 is 0 Å². The molecule has 0 aromatic carbocycles. The summed E-state index contributed by atoms with van der Waals surface area (Å²) in [5, 5.41) is 11.6. The van der Waals surface area contributed by atoms with Gasteiger partial charge in [-0.1, -0.05) is 120 Å². The topological polar surface area (TPSA) is 69.9 Å². The number of ether oxygens (including phenoxy) is 2. The van der Waals surface area contributed by atoms with Gasteiger partial charge in [0.05, 0.1) is 31.5 Å². The quantitative estimate of drug-likeness (QED) is 0.114. The van der Waals surface area contributed by atoms with E-state index < -0.39 is 30.6 Å². The lowest BCUT2D eigenvalue weighted by Crippen LogP contribution is -2.58. The first-order chi connectivity index (χ1) is 26.7. The van der Waals surface area contributed by atoms with Crippen molar-refractivity contribution in [3.8, 4) is 6.07 Å². The summed E-state index contributed by atoms with van der Waals surface area (Å²) in [6.45, 7) is 51.0. The van der Waals surface area contributed by atoms with Crippen LogP contribution in [0.15, 0.2) is 23.3 Å². The van der Waals surface area contributed by atoms with Crippen molar-refractivity contribution < 1.29 is 22.8 Å². The Hall–Kier alpha value is -0.579. The molecule has 3 saturated carbocycles. The van der Waals surface area contributed by atoms with E-state index in [1.54, 1.807) is 11.1 Å². The fourth-order valence-electron chi connectivity index (χ4n) is 11.1. The molecule has 10 atom stereocenters. The maximum Gasteiger partial charge on any atom is 0.192 e. The second-order valence-electron chi connectivity index (χ2n) is 25.1.